The Balaban J connectivity index is 1.71. The first-order valence-corrected chi connectivity index (χ1v) is 9.36. The number of aromatic nitrogens is 1. The molecule has 6 nitrogen and oxygen atoms in total. The zero-order valence-electron chi connectivity index (χ0n) is 16.0. The number of benzene rings is 3. The third kappa shape index (κ3) is 4.12. The lowest BCUT2D eigenvalue weighted by Gasteiger charge is -2.15. The van der Waals surface area contributed by atoms with E-state index in [2.05, 4.69) is 0 Å². The second-order valence-electron chi connectivity index (χ2n) is 6.69. The van der Waals surface area contributed by atoms with Gasteiger partial charge in [0.05, 0.1) is 10.6 Å². The molecule has 6 heteroatoms. The molecule has 4 aromatic rings. The van der Waals surface area contributed by atoms with Gasteiger partial charge in [-0.15, -0.1) is 4.73 Å². The molecule has 0 N–H and O–H groups in total. The van der Waals surface area contributed by atoms with Crippen molar-refractivity contribution in [1.82, 2.24) is 4.73 Å². The quantitative estimate of drug-likeness (QED) is 0.348. The molecule has 4 rings (SSSR count). The van der Waals surface area contributed by atoms with Crippen LogP contribution in [0.1, 0.15) is 5.56 Å². The fourth-order valence-electron chi connectivity index (χ4n) is 3.15. The van der Waals surface area contributed by atoms with E-state index in [1.54, 1.807) is 12.1 Å². The van der Waals surface area contributed by atoms with E-state index in [9.17, 15) is 14.9 Å². The molecule has 0 bridgehead atoms. The van der Waals surface area contributed by atoms with Gasteiger partial charge in [0.15, 0.2) is 0 Å². The minimum Gasteiger partial charge on any atom is -0.405 e. The SMILES string of the molecule is O=c1cc(-c2ccccc2)cc(-c2ccccc2)n1OCc1ccc([N+](=O)[O-])cc1. The average Bonchev–Trinajstić information content (AvgIpc) is 2.79. The summed E-state index contributed by atoms with van der Waals surface area (Å²) in [7, 11) is 0. The van der Waals surface area contributed by atoms with Gasteiger partial charge in [-0.25, -0.2) is 0 Å². The van der Waals surface area contributed by atoms with Gasteiger partial charge in [-0.2, -0.15) is 0 Å². The third-order valence-electron chi connectivity index (χ3n) is 4.67. The Hall–Kier alpha value is -4.19. The Morgan fingerprint density at radius 2 is 1.37 bits per heavy atom. The number of rotatable bonds is 6. The van der Waals surface area contributed by atoms with Crippen molar-refractivity contribution in [1.29, 1.82) is 0 Å². The molecule has 0 aliphatic rings. The third-order valence-corrected chi connectivity index (χ3v) is 4.67. The van der Waals surface area contributed by atoms with Crippen LogP contribution in [0.25, 0.3) is 22.4 Å². The fraction of sp³-hybridized carbons (Fsp3) is 0.0417. The molecule has 0 atom stereocenters. The number of hydrogen-bond acceptors (Lipinski definition) is 4. The Bertz CT molecular complexity index is 1220. The lowest BCUT2D eigenvalue weighted by Crippen LogP contribution is -2.28. The van der Waals surface area contributed by atoms with Gasteiger partial charge in [-0.3, -0.25) is 14.9 Å². The van der Waals surface area contributed by atoms with Crippen molar-refractivity contribution in [3.05, 3.63) is 123 Å². The van der Waals surface area contributed by atoms with E-state index in [-0.39, 0.29) is 17.9 Å². The summed E-state index contributed by atoms with van der Waals surface area (Å²) in [6.07, 6.45) is 0. The number of nitrogens with zero attached hydrogens (tertiary/aromatic N) is 2. The molecular formula is C24H18N2O4. The molecule has 1 heterocycles. The molecule has 0 saturated heterocycles. The van der Waals surface area contributed by atoms with Crippen molar-refractivity contribution in [3.8, 4) is 22.4 Å². The summed E-state index contributed by atoms with van der Waals surface area (Å²) in [5, 5.41) is 10.8. The standard InChI is InChI=1S/C24H18N2O4/c27-24-16-21(19-7-3-1-4-8-19)15-23(20-9-5-2-6-10-20)25(24)30-17-18-11-13-22(14-12-18)26(28)29/h1-16H,17H2. The molecule has 3 aromatic carbocycles. The van der Waals surface area contributed by atoms with Crippen LogP contribution in [0.5, 0.6) is 0 Å². The van der Waals surface area contributed by atoms with E-state index in [0.29, 0.717) is 5.69 Å². The van der Waals surface area contributed by atoms with E-state index in [4.69, 9.17) is 4.84 Å². The van der Waals surface area contributed by atoms with Crippen molar-refractivity contribution in [2.75, 3.05) is 0 Å². The van der Waals surface area contributed by atoms with Crippen molar-refractivity contribution < 1.29 is 9.76 Å². The molecule has 0 unspecified atom stereocenters. The maximum Gasteiger partial charge on any atom is 0.284 e. The maximum atomic E-state index is 12.9. The van der Waals surface area contributed by atoms with Crippen molar-refractivity contribution in [3.63, 3.8) is 0 Å². The topological polar surface area (TPSA) is 74.4 Å². The molecule has 0 spiro atoms. The van der Waals surface area contributed by atoms with Crippen molar-refractivity contribution in [2.45, 2.75) is 6.61 Å². The summed E-state index contributed by atoms with van der Waals surface area (Å²) in [6, 6.07) is 28.7. The molecule has 0 amide bonds. The van der Waals surface area contributed by atoms with Gasteiger partial charge in [0, 0.05) is 23.8 Å². The van der Waals surface area contributed by atoms with E-state index in [1.807, 2.05) is 66.7 Å². The van der Waals surface area contributed by atoms with Gasteiger partial charge in [-0.1, -0.05) is 60.7 Å². The second kappa shape index (κ2) is 8.45. The minimum atomic E-state index is -0.453. The van der Waals surface area contributed by atoms with Gasteiger partial charge in [0.2, 0.25) is 0 Å². The molecule has 0 aliphatic carbocycles. The van der Waals surface area contributed by atoms with Crippen LogP contribution < -0.4 is 10.4 Å². The maximum absolute atomic E-state index is 12.9. The first-order chi connectivity index (χ1) is 14.6. The molecule has 0 radical (unpaired) electrons. The van der Waals surface area contributed by atoms with Crippen LogP contribution >= 0.6 is 0 Å². The number of hydrogen-bond donors (Lipinski definition) is 0. The predicted molar refractivity (Wildman–Crippen MR) is 115 cm³/mol. The van der Waals surface area contributed by atoms with Crippen LogP contribution in [0.2, 0.25) is 0 Å². The average molecular weight is 398 g/mol. The van der Waals surface area contributed by atoms with Crippen LogP contribution in [-0.4, -0.2) is 9.65 Å². The Morgan fingerprint density at radius 3 is 1.97 bits per heavy atom. The Labute approximate surface area is 172 Å². The Morgan fingerprint density at radius 1 is 0.767 bits per heavy atom. The first-order valence-electron chi connectivity index (χ1n) is 9.36. The van der Waals surface area contributed by atoms with Crippen molar-refractivity contribution in [2.24, 2.45) is 0 Å². The van der Waals surface area contributed by atoms with Crippen LogP contribution in [0, 0.1) is 10.1 Å². The first kappa shape index (κ1) is 19.1. The van der Waals surface area contributed by atoms with Crippen LogP contribution in [-0.2, 0) is 6.61 Å². The van der Waals surface area contributed by atoms with Gasteiger partial charge in [0.1, 0.15) is 6.61 Å². The highest BCUT2D eigenvalue weighted by Crippen LogP contribution is 2.24. The van der Waals surface area contributed by atoms with E-state index in [1.165, 1.54) is 22.9 Å². The highest BCUT2D eigenvalue weighted by Gasteiger charge is 2.12. The van der Waals surface area contributed by atoms with Gasteiger partial charge < -0.3 is 4.84 Å². The summed E-state index contributed by atoms with van der Waals surface area (Å²) in [4.78, 5) is 29.1. The molecule has 0 aliphatic heterocycles. The number of nitro groups is 1. The zero-order valence-corrected chi connectivity index (χ0v) is 16.0. The smallest absolute Gasteiger partial charge is 0.284 e. The summed E-state index contributed by atoms with van der Waals surface area (Å²) in [6.45, 7) is 0.0996. The molecule has 148 valence electrons. The fourth-order valence-corrected chi connectivity index (χ4v) is 3.15. The second-order valence-corrected chi connectivity index (χ2v) is 6.69. The molecule has 1 aromatic heterocycles. The van der Waals surface area contributed by atoms with Gasteiger partial charge in [-0.05, 0) is 34.9 Å². The monoisotopic (exact) mass is 398 g/mol. The molecule has 30 heavy (non-hydrogen) atoms. The van der Waals surface area contributed by atoms with E-state index >= 15 is 0 Å². The van der Waals surface area contributed by atoms with E-state index in [0.717, 1.165) is 22.3 Å². The summed E-state index contributed by atoms with van der Waals surface area (Å²) >= 11 is 0. The van der Waals surface area contributed by atoms with Gasteiger partial charge in [0.25, 0.3) is 11.2 Å². The highest BCUT2D eigenvalue weighted by atomic mass is 16.7. The summed E-state index contributed by atoms with van der Waals surface area (Å²) in [5.74, 6) is 0. The lowest BCUT2D eigenvalue weighted by atomic mass is 10.0. The lowest BCUT2D eigenvalue weighted by molar-refractivity contribution is -0.384. The van der Waals surface area contributed by atoms with Crippen molar-refractivity contribution >= 4 is 5.69 Å². The molecular weight excluding hydrogens is 380 g/mol. The summed E-state index contributed by atoms with van der Waals surface area (Å²) in [5.41, 5.74) is 3.65. The molecule has 0 fully saturated rings. The van der Waals surface area contributed by atoms with Crippen LogP contribution in [0.15, 0.2) is 102 Å². The number of pyridine rings is 1. The largest absolute Gasteiger partial charge is 0.405 e. The minimum absolute atomic E-state index is 0.00751. The highest BCUT2D eigenvalue weighted by molar-refractivity contribution is 5.70. The van der Waals surface area contributed by atoms with E-state index < -0.39 is 4.92 Å². The normalized spacial score (nSPS) is 10.5. The number of non-ortho nitro benzene ring substituents is 1. The Kier molecular flexibility index (Phi) is 5.39. The van der Waals surface area contributed by atoms with Gasteiger partial charge >= 0.3 is 0 Å². The number of nitro benzene ring substituents is 1. The zero-order chi connectivity index (χ0) is 20.9. The van der Waals surface area contributed by atoms with Crippen LogP contribution in [0.4, 0.5) is 5.69 Å². The molecule has 0 saturated carbocycles. The van der Waals surface area contributed by atoms with Crippen LogP contribution in [0.3, 0.4) is 0 Å². The summed E-state index contributed by atoms with van der Waals surface area (Å²) < 4.78 is 1.27. The predicted octanol–water partition coefficient (Wildman–Crippen LogP) is 4.72.